The minimum Gasteiger partial charge on any atom is -0.496 e. The van der Waals surface area contributed by atoms with Gasteiger partial charge in [0.2, 0.25) is 0 Å². The van der Waals surface area contributed by atoms with E-state index in [0.717, 1.165) is 22.6 Å². The van der Waals surface area contributed by atoms with Crippen LogP contribution in [-0.4, -0.2) is 35.9 Å². The molecule has 1 aliphatic rings. The van der Waals surface area contributed by atoms with Crippen LogP contribution in [-0.2, 0) is 6.54 Å². The summed E-state index contributed by atoms with van der Waals surface area (Å²) in [7, 11) is 3.23. The van der Waals surface area contributed by atoms with E-state index in [1.165, 1.54) is 11.1 Å². The van der Waals surface area contributed by atoms with Gasteiger partial charge in [0.15, 0.2) is 5.11 Å². The summed E-state index contributed by atoms with van der Waals surface area (Å²) in [6.07, 6.45) is -0.705. The second-order valence-corrected chi connectivity index (χ2v) is 6.87. The highest BCUT2D eigenvalue weighted by atomic mass is 32.1. The number of aliphatic hydroxyl groups excluding tert-OH is 1. The van der Waals surface area contributed by atoms with Crippen LogP contribution in [0.2, 0.25) is 0 Å². The van der Waals surface area contributed by atoms with Crippen molar-refractivity contribution >= 4 is 23.0 Å². The van der Waals surface area contributed by atoms with E-state index in [-0.39, 0.29) is 0 Å². The lowest BCUT2D eigenvalue weighted by atomic mass is 9.95. The van der Waals surface area contributed by atoms with E-state index in [1.54, 1.807) is 14.2 Å². The van der Waals surface area contributed by atoms with Gasteiger partial charge >= 0.3 is 0 Å². The van der Waals surface area contributed by atoms with Crippen molar-refractivity contribution in [2.75, 3.05) is 26.1 Å². The molecule has 1 atom stereocenters. The molecule has 138 valence electrons. The summed E-state index contributed by atoms with van der Waals surface area (Å²) in [6, 6.07) is 9.82. The maximum absolute atomic E-state index is 10.7. The number of nitrogens with zero attached hydrogens (tertiary/aromatic N) is 1. The highest BCUT2D eigenvalue weighted by molar-refractivity contribution is 7.80. The summed E-state index contributed by atoms with van der Waals surface area (Å²) in [5.74, 6) is 1.39. The smallest absolute Gasteiger partial charge is 0.173 e. The maximum atomic E-state index is 10.7. The summed E-state index contributed by atoms with van der Waals surface area (Å²) in [5, 5.41) is 14.5. The predicted molar refractivity (Wildman–Crippen MR) is 107 cm³/mol. The van der Waals surface area contributed by atoms with Crippen LogP contribution in [0.3, 0.4) is 0 Å². The van der Waals surface area contributed by atoms with Crippen LogP contribution in [0.5, 0.6) is 11.5 Å². The lowest BCUT2D eigenvalue weighted by Gasteiger charge is -2.35. The first-order valence-electron chi connectivity index (χ1n) is 8.49. The summed E-state index contributed by atoms with van der Waals surface area (Å²) >= 11 is 5.59. The molecule has 6 heteroatoms. The molecular formula is C20H24N2O3S. The maximum Gasteiger partial charge on any atom is 0.173 e. The summed E-state index contributed by atoms with van der Waals surface area (Å²) in [4.78, 5) is 1.94. The third kappa shape index (κ3) is 3.48. The molecule has 0 spiro atoms. The van der Waals surface area contributed by atoms with Gasteiger partial charge in [-0.3, -0.25) is 0 Å². The van der Waals surface area contributed by atoms with E-state index in [2.05, 4.69) is 31.3 Å². The van der Waals surface area contributed by atoms with Crippen LogP contribution in [0.15, 0.2) is 30.3 Å². The summed E-state index contributed by atoms with van der Waals surface area (Å²) in [5.41, 5.74) is 5.05. The number of aliphatic hydroxyl groups is 1. The Morgan fingerprint density at radius 1 is 1.12 bits per heavy atom. The monoisotopic (exact) mass is 372 g/mol. The Kier molecular flexibility index (Phi) is 5.34. The van der Waals surface area contributed by atoms with Crippen molar-refractivity contribution in [2.24, 2.45) is 0 Å². The zero-order valence-electron chi connectivity index (χ0n) is 15.5. The molecule has 0 radical (unpaired) electrons. The number of β-amino-alcohol motifs (C(OH)–C–C–N with tert-alkyl or cyclic N) is 1. The largest absolute Gasteiger partial charge is 0.496 e. The van der Waals surface area contributed by atoms with Crippen molar-refractivity contribution in [1.82, 2.24) is 4.90 Å². The number of aryl methyl sites for hydroxylation is 2. The van der Waals surface area contributed by atoms with Crippen molar-refractivity contribution in [3.8, 4) is 11.5 Å². The minimum atomic E-state index is -0.705. The third-order valence-electron chi connectivity index (χ3n) is 4.83. The number of rotatable bonds is 3. The Balaban J connectivity index is 1.85. The summed E-state index contributed by atoms with van der Waals surface area (Å²) < 4.78 is 10.9. The first-order valence-corrected chi connectivity index (χ1v) is 8.90. The van der Waals surface area contributed by atoms with Crippen molar-refractivity contribution in [3.63, 3.8) is 0 Å². The number of anilines is 1. The number of nitrogens with one attached hydrogen (secondary N) is 1. The molecule has 2 aromatic carbocycles. The second kappa shape index (κ2) is 7.51. The minimum absolute atomic E-state index is 0.396. The van der Waals surface area contributed by atoms with Gasteiger partial charge in [0.05, 0.1) is 20.8 Å². The zero-order valence-corrected chi connectivity index (χ0v) is 16.3. The van der Waals surface area contributed by atoms with Crippen molar-refractivity contribution in [3.05, 3.63) is 52.6 Å². The molecular weight excluding hydrogens is 348 g/mol. The number of hydrogen-bond donors (Lipinski definition) is 2. The number of methoxy groups -OCH3 is 2. The first kappa shape index (κ1) is 18.5. The highest BCUT2D eigenvalue weighted by Gasteiger charge is 2.30. The predicted octanol–water partition coefficient (Wildman–Crippen LogP) is 3.57. The molecule has 0 saturated carbocycles. The topological polar surface area (TPSA) is 54.0 Å². The van der Waals surface area contributed by atoms with Gasteiger partial charge in [-0.2, -0.15) is 0 Å². The van der Waals surface area contributed by atoms with E-state index < -0.39 is 6.10 Å². The molecule has 1 heterocycles. The Bertz CT molecular complexity index is 838. The van der Waals surface area contributed by atoms with Gasteiger partial charge in [-0.1, -0.05) is 6.07 Å². The molecule has 0 aromatic heterocycles. The van der Waals surface area contributed by atoms with Gasteiger partial charge in [0, 0.05) is 23.4 Å². The molecule has 0 unspecified atom stereocenters. The Morgan fingerprint density at radius 3 is 2.46 bits per heavy atom. The quantitative estimate of drug-likeness (QED) is 0.804. The van der Waals surface area contributed by atoms with Crippen molar-refractivity contribution in [1.29, 1.82) is 0 Å². The van der Waals surface area contributed by atoms with Crippen LogP contribution < -0.4 is 14.8 Å². The molecule has 2 N–H and O–H groups in total. The van der Waals surface area contributed by atoms with Gasteiger partial charge in [0.1, 0.15) is 17.6 Å². The average Bonchev–Trinajstić information content (AvgIpc) is 2.63. The third-order valence-corrected chi connectivity index (χ3v) is 5.20. The average molecular weight is 372 g/mol. The van der Waals surface area contributed by atoms with Gasteiger partial charge in [0.25, 0.3) is 0 Å². The molecule has 0 saturated heterocycles. The molecule has 3 rings (SSSR count). The van der Waals surface area contributed by atoms with Gasteiger partial charge in [-0.05, 0) is 61.5 Å². The fourth-order valence-electron chi connectivity index (χ4n) is 3.25. The zero-order chi connectivity index (χ0) is 18.8. The molecule has 0 fully saturated rings. The number of hydrogen-bond acceptors (Lipinski definition) is 4. The van der Waals surface area contributed by atoms with Gasteiger partial charge in [-0.15, -0.1) is 0 Å². The van der Waals surface area contributed by atoms with E-state index in [0.29, 0.717) is 24.0 Å². The summed E-state index contributed by atoms with van der Waals surface area (Å²) in [6.45, 7) is 5.09. The lowest BCUT2D eigenvalue weighted by molar-refractivity contribution is 0.123. The molecule has 0 bridgehead atoms. The molecule has 1 aliphatic heterocycles. The van der Waals surface area contributed by atoms with Gasteiger partial charge in [-0.25, -0.2) is 0 Å². The van der Waals surface area contributed by atoms with Crippen molar-refractivity contribution in [2.45, 2.75) is 26.5 Å². The molecule has 2 aromatic rings. The van der Waals surface area contributed by atoms with Crippen LogP contribution in [0, 0.1) is 13.8 Å². The van der Waals surface area contributed by atoms with E-state index >= 15 is 0 Å². The van der Waals surface area contributed by atoms with Crippen LogP contribution in [0.1, 0.15) is 28.4 Å². The lowest BCUT2D eigenvalue weighted by Crippen LogP contribution is -2.41. The normalized spacial score (nSPS) is 16.0. The number of thiocarbonyl (C=S) groups is 1. The SMILES string of the molecule is COc1ccc(OC)c2c1CN(C(=S)Nc1ccc(C)c(C)c1)C[C@H]2O. The Morgan fingerprint density at radius 2 is 1.81 bits per heavy atom. The molecule has 26 heavy (non-hydrogen) atoms. The number of ether oxygens (including phenoxy) is 2. The standard InChI is InChI=1S/C20H24N2O3S/c1-12-5-6-14(9-13(12)2)21-20(26)22-10-15-17(24-3)7-8-18(25-4)19(15)16(23)11-22/h5-9,16,23H,10-11H2,1-4H3,(H,21,26)/t16-/m1/s1. The second-order valence-electron chi connectivity index (χ2n) is 6.49. The van der Waals surface area contributed by atoms with Gasteiger partial charge < -0.3 is 24.8 Å². The van der Waals surface area contributed by atoms with E-state index in [1.807, 2.05) is 23.1 Å². The first-order chi connectivity index (χ1) is 12.4. The van der Waals surface area contributed by atoms with Crippen molar-refractivity contribution < 1.29 is 14.6 Å². The number of benzene rings is 2. The Hall–Kier alpha value is -2.31. The van der Waals surface area contributed by atoms with Crippen LogP contribution in [0.25, 0.3) is 0 Å². The molecule has 0 amide bonds. The number of fused-ring (bicyclic) bond motifs is 1. The fraction of sp³-hybridized carbons (Fsp3) is 0.350. The van der Waals surface area contributed by atoms with E-state index in [9.17, 15) is 5.11 Å². The molecule has 5 nitrogen and oxygen atoms in total. The van der Waals surface area contributed by atoms with E-state index in [4.69, 9.17) is 21.7 Å². The highest BCUT2D eigenvalue weighted by Crippen LogP contribution is 2.39. The Labute approximate surface area is 159 Å². The fourth-order valence-corrected chi connectivity index (χ4v) is 3.51. The molecule has 0 aliphatic carbocycles. The van der Waals surface area contributed by atoms with Crippen LogP contribution >= 0.6 is 12.2 Å². The van der Waals surface area contributed by atoms with Crippen LogP contribution in [0.4, 0.5) is 5.69 Å².